The zero-order chi connectivity index (χ0) is 14.3. The summed E-state index contributed by atoms with van der Waals surface area (Å²) in [7, 11) is 0. The van der Waals surface area contributed by atoms with Gasteiger partial charge in [-0.25, -0.2) is 0 Å². The number of benzene rings is 1. The monoisotopic (exact) mass is 312 g/mol. The van der Waals surface area contributed by atoms with Crippen LogP contribution in [0.2, 0.25) is 0 Å². The Labute approximate surface area is 120 Å². The molecule has 1 aromatic rings. The minimum absolute atomic E-state index is 0.0521. The van der Waals surface area contributed by atoms with E-state index in [9.17, 15) is 13.2 Å². The van der Waals surface area contributed by atoms with Gasteiger partial charge in [0, 0.05) is 5.88 Å². The number of halogens is 4. The minimum atomic E-state index is -4.42. The summed E-state index contributed by atoms with van der Waals surface area (Å²) in [6, 6.07) is 3.94. The molecular weight excluding hydrogens is 297 g/mol. The average Bonchev–Trinajstić information content (AvgIpc) is 2.37. The zero-order valence-corrected chi connectivity index (χ0v) is 12.2. The fourth-order valence-electron chi connectivity index (χ4n) is 1.50. The molecule has 0 bridgehead atoms. The molecule has 1 rings (SSSR count). The summed E-state index contributed by atoms with van der Waals surface area (Å²) in [6.45, 7) is 2.33. The van der Waals surface area contributed by atoms with Crippen LogP contribution in [-0.4, -0.2) is 18.1 Å². The molecule has 6 heteroatoms. The van der Waals surface area contributed by atoms with Crippen LogP contribution in [-0.2, 0) is 12.1 Å². The molecule has 1 nitrogen and oxygen atoms in total. The van der Waals surface area contributed by atoms with E-state index in [4.69, 9.17) is 16.3 Å². The molecule has 0 amide bonds. The van der Waals surface area contributed by atoms with E-state index in [1.807, 2.05) is 6.92 Å². The van der Waals surface area contributed by atoms with Crippen molar-refractivity contribution < 1.29 is 17.9 Å². The van der Waals surface area contributed by atoms with Gasteiger partial charge >= 0.3 is 6.18 Å². The van der Waals surface area contributed by atoms with Gasteiger partial charge in [-0.1, -0.05) is 13.0 Å². The SMILES string of the molecule is CCSCCCOc1ccc(CCl)cc1C(F)(F)F. The fourth-order valence-corrected chi connectivity index (χ4v) is 2.27. The second-order valence-electron chi connectivity index (χ2n) is 3.86. The summed E-state index contributed by atoms with van der Waals surface area (Å²) < 4.78 is 43.8. The van der Waals surface area contributed by atoms with Gasteiger partial charge in [0.2, 0.25) is 0 Å². The third kappa shape index (κ3) is 5.53. The number of ether oxygens (including phenoxy) is 1. The van der Waals surface area contributed by atoms with Crippen molar-refractivity contribution in [3.05, 3.63) is 29.3 Å². The number of rotatable bonds is 7. The van der Waals surface area contributed by atoms with E-state index in [0.29, 0.717) is 5.56 Å². The van der Waals surface area contributed by atoms with Crippen LogP contribution in [0.3, 0.4) is 0 Å². The Kier molecular flexibility index (Phi) is 6.86. The number of alkyl halides is 4. The Balaban J connectivity index is 2.71. The van der Waals surface area contributed by atoms with E-state index in [0.717, 1.165) is 24.0 Å². The normalized spacial score (nSPS) is 11.6. The Hall–Kier alpha value is -0.550. The van der Waals surface area contributed by atoms with E-state index in [1.165, 1.54) is 6.07 Å². The van der Waals surface area contributed by atoms with E-state index in [1.54, 1.807) is 17.8 Å². The molecule has 108 valence electrons. The molecule has 0 N–H and O–H groups in total. The lowest BCUT2D eigenvalue weighted by Gasteiger charge is -2.14. The molecule has 0 saturated carbocycles. The van der Waals surface area contributed by atoms with Gasteiger partial charge in [-0.05, 0) is 35.6 Å². The van der Waals surface area contributed by atoms with Gasteiger partial charge in [0.05, 0.1) is 12.2 Å². The van der Waals surface area contributed by atoms with Gasteiger partial charge in [0.25, 0.3) is 0 Å². The summed E-state index contributed by atoms with van der Waals surface area (Å²) in [5, 5.41) is 0. The van der Waals surface area contributed by atoms with Crippen LogP contribution in [0.1, 0.15) is 24.5 Å². The van der Waals surface area contributed by atoms with Gasteiger partial charge < -0.3 is 4.74 Å². The van der Waals surface area contributed by atoms with Crippen molar-refractivity contribution in [2.75, 3.05) is 18.1 Å². The molecule has 0 fully saturated rings. The standard InChI is InChI=1S/C13H16ClF3OS/c1-2-19-7-3-6-18-12-5-4-10(9-14)8-11(12)13(15,16)17/h4-5,8H,2-3,6-7,9H2,1H3. The molecule has 0 spiro atoms. The number of hydrogen-bond acceptors (Lipinski definition) is 2. The number of hydrogen-bond donors (Lipinski definition) is 0. The predicted molar refractivity (Wildman–Crippen MR) is 74.1 cm³/mol. The summed E-state index contributed by atoms with van der Waals surface area (Å²) >= 11 is 7.29. The smallest absolute Gasteiger partial charge is 0.419 e. The summed E-state index contributed by atoms with van der Waals surface area (Å²) in [5.41, 5.74) is -0.323. The third-order valence-corrected chi connectivity index (χ3v) is 3.69. The van der Waals surface area contributed by atoms with Crippen molar-refractivity contribution in [2.45, 2.75) is 25.4 Å². The van der Waals surface area contributed by atoms with Crippen LogP contribution < -0.4 is 4.74 Å². The molecule has 0 aliphatic rings. The van der Waals surface area contributed by atoms with Crippen LogP contribution in [0.15, 0.2) is 18.2 Å². The Morgan fingerprint density at radius 3 is 2.63 bits per heavy atom. The highest BCUT2D eigenvalue weighted by Gasteiger charge is 2.34. The predicted octanol–water partition coefficient (Wildman–Crippen LogP) is 4.97. The van der Waals surface area contributed by atoms with Crippen LogP contribution in [0.25, 0.3) is 0 Å². The molecule has 0 radical (unpaired) electrons. The lowest BCUT2D eigenvalue weighted by atomic mass is 10.1. The topological polar surface area (TPSA) is 9.23 Å². The van der Waals surface area contributed by atoms with Gasteiger partial charge in [0.15, 0.2) is 0 Å². The average molecular weight is 313 g/mol. The largest absolute Gasteiger partial charge is 0.493 e. The maximum Gasteiger partial charge on any atom is 0.419 e. The summed E-state index contributed by atoms with van der Waals surface area (Å²) in [5.74, 6) is 1.81. The molecule has 19 heavy (non-hydrogen) atoms. The lowest BCUT2D eigenvalue weighted by Crippen LogP contribution is -2.10. The molecule has 0 saturated heterocycles. The van der Waals surface area contributed by atoms with Crippen molar-refractivity contribution in [2.24, 2.45) is 0 Å². The zero-order valence-electron chi connectivity index (χ0n) is 10.6. The highest BCUT2D eigenvalue weighted by molar-refractivity contribution is 7.99. The number of thioether (sulfide) groups is 1. The van der Waals surface area contributed by atoms with Gasteiger partial charge in [-0.15, -0.1) is 11.6 Å². The molecule has 0 unspecified atom stereocenters. The summed E-state index contributed by atoms with van der Waals surface area (Å²) in [6.07, 6.45) is -3.69. The van der Waals surface area contributed by atoms with Gasteiger partial charge in [-0.3, -0.25) is 0 Å². The Bertz CT molecular complexity index is 396. The van der Waals surface area contributed by atoms with Crippen LogP contribution in [0.5, 0.6) is 5.75 Å². The van der Waals surface area contributed by atoms with Crippen LogP contribution in [0.4, 0.5) is 13.2 Å². The highest BCUT2D eigenvalue weighted by atomic mass is 35.5. The second kappa shape index (κ2) is 7.90. The third-order valence-electron chi connectivity index (χ3n) is 2.40. The summed E-state index contributed by atoms with van der Waals surface area (Å²) in [4.78, 5) is 0. The van der Waals surface area contributed by atoms with Gasteiger partial charge in [-0.2, -0.15) is 24.9 Å². The second-order valence-corrected chi connectivity index (χ2v) is 5.52. The maximum absolute atomic E-state index is 12.9. The van der Waals surface area contributed by atoms with E-state index in [2.05, 4.69) is 0 Å². The van der Waals surface area contributed by atoms with E-state index in [-0.39, 0.29) is 18.2 Å². The molecular formula is C13H16ClF3OS. The first kappa shape index (κ1) is 16.5. The molecule has 0 heterocycles. The van der Waals surface area contributed by atoms with Crippen molar-refractivity contribution in [1.82, 2.24) is 0 Å². The van der Waals surface area contributed by atoms with Crippen molar-refractivity contribution in [3.63, 3.8) is 0 Å². The van der Waals surface area contributed by atoms with Crippen molar-refractivity contribution >= 4 is 23.4 Å². The molecule has 0 aliphatic heterocycles. The molecule has 0 atom stereocenters. The van der Waals surface area contributed by atoms with E-state index >= 15 is 0 Å². The van der Waals surface area contributed by atoms with Crippen LogP contribution in [0, 0.1) is 0 Å². The molecule has 0 aliphatic carbocycles. The molecule has 1 aromatic carbocycles. The van der Waals surface area contributed by atoms with Gasteiger partial charge in [0.1, 0.15) is 5.75 Å². The van der Waals surface area contributed by atoms with Crippen LogP contribution >= 0.6 is 23.4 Å². The lowest BCUT2D eigenvalue weighted by molar-refractivity contribution is -0.139. The fraction of sp³-hybridized carbons (Fsp3) is 0.538. The van der Waals surface area contributed by atoms with Crippen molar-refractivity contribution in [3.8, 4) is 5.75 Å². The first-order valence-electron chi connectivity index (χ1n) is 5.95. The Morgan fingerprint density at radius 2 is 2.05 bits per heavy atom. The minimum Gasteiger partial charge on any atom is -0.493 e. The maximum atomic E-state index is 12.9. The van der Waals surface area contributed by atoms with Crippen molar-refractivity contribution in [1.29, 1.82) is 0 Å². The molecule has 0 aromatic heterocycles. The Morgan fingerprint density at radius 1 is 1.32 bits per heavy atom. The first-order chi connectivity index (χ1) is 8.99. The first-order valence-corrected chi connectivity index (χ1v) is 7.64. The quantitative estimate of drug-likeness (QED) is 0.519. The highest BCUT2D eigenvalue weighted by Crippen LogP contribution is 2.37. The van der Waals surface area contributed by atoms with E-state index < -0.39 is 11.7 Å².